The fourth-order valence-electron chi connectivity index (χ4n) is 1.11. The molecule has 1 rings (SSSR count). The van der Waals surface area contributed by atoms with E-state index in [2.05, 4.69) is 27.5 Å². The Labute approximate surface area is 104 Å². The topological polar surface area (TPSA) is 109 Å². The Bertz CT molecular complexity index is 442. The van der Waals surface area contributed by atoms with Crippen molar-refractivity contribution in [1.29, 1.82) is 0 Å². The van der Waals surface area contributed by atoms with E-state index in [4.69, 9.17) is 5.11 Å². The number of carbonyl (C=O) groups excluding carboxylic acids is 1. The second-order valence-electron chi connectivity index (χ2n) is 3.60. The molecule has 0 saturated heterocycles. The number of hydrogen-bond acceptors (Lipinski definition) is 4. The summed E-state index contributed by atoms with van der Waals surface area (Å²) < 4.78 is 1.35. The molecule has 0 aliphatic heterocycles. The first-order valence-corrected chi connectivity index (χ1v) is 5.33. The molecule has 1 heterocycles. The normalized spacial score (nSPS) is 11.6. The number of nitrogens with one attached hydrogen (secondary N) is 2. The highest BCUT2D eigenvalue weighted by Gasteiger charge is 2.08. The number of hydrogen-bond donors (Lipinski definition) is 3. The molecular weight excluding hydrogens is 238 g/mol. The molecule has 1 unspecified atom stereocenters. The van der Waals surface area contributed by atoms with Crippen LogP contribution in [0.2, 0.25) is 0 Å². The third kappa shape index (κ3) is 4.24. The number of aromatic nitrogens is 3. The molecule has 1 aromatic rings. The lowest BCUT2D eigenvalue weighted by atomic mass is 10.3. The molecule has 0 bridgehead atoms. The maximum atomic E-state index is 11.3. The Morgan fingerprint density at radius 3 is 2.94 bits per heavy atom. The van der Waals surface area contributed by atoms with Gasteiger partial charge >= 0.3 is 12.0 Å². The summed E-state index contributed by atoms with van der Waals surface area (Å²) in [6, 6.07) is -0.434. The largest absolute Gasteiger partial charge is 0.476 e. The van der Waals surface area contributed by atoms with Crippen molar-refractivity contribution in [2.45, 2.75) is 19.5 Å². The molecular formula is C10H15N5O3. The molecule has 3 N–H and O–H groups in total. The Hall–Kier alpha value is -2.38. The van der Waals surface area contributed by atoms with E-state index in [1.165, 1.54) is 10.9 Å². The standard InChI is InChI=1S/C10H15N5O3/c1-3-7(2)12-10(18)11-4-5-15-6-8(9(16)17)13-14-15/h3,6-7H,1,4-5H2,2H3,(H,16,17)(H2,11,12,18). The lowest BCUT2D eigenvalue weighted by molar-refractivity contribution is 0.0690. The molecule has 0 spiro atoms. The first-order chi connectivity index (χ1) is 8.52. The molecule has 0 aromatic carbocycles. The van der Waals surface area contributed by atoms with E-state index in [-0.39, 0.29) is 17.8 Å². The maximum absolute atomic E-state index is 11.3. The van der Waals surface area contributed by atoms with Crippen LogP contribution < -0.4 is 10.6 Å². The zero-order valence-corrected chi connectivity index (χ0v) is 9.96. The first-order valence-electron chi connectivity index (χ1n) is 5.33. The van der Waals surface area contributed by atoms with Crippen LogP contribution in [0.15, 0.2) is 18.9 Å². The summed E-state index contributed by atoms with van der Waals surface area (Å²) in [5, 5.41) is 20.9. The Kier molecular flexibility index (Phi) is 4.85. The second kappa shape index (κ2) is 6.38. The predicted molar refractivity (Wildman–Crippen MR) is 63.2 cm³/mol. The number of urea groups is 1. The third-order valence-corrected chi connectivity index (χ3v) is 2.10. The van der Waals surface area contributed by atoms with Crippen LogP contribution in [0.3, 0.4) is 0 Å². The van der Waals surface area contributed by atoms with Crippen LogP contribution in [0, 0.1) is 0 Å². The number of nitrogens with zero attached hydrogens (tertiary/aromatic N) is 3. The van der Waals surface area contributed by atoms with Gasteiger partial charge in [0, 0.05) is 12.6 Å². The third-order valence-electron chi connectivity index (χ3n) is 2.10. The van der Waals surface area contributed by atoms with Crippen molar-refractivity contribution in [3.63, 3.8) is 0 Å². The summed E-state index contributed by atoms with van der Waals surface area (Å²) in [5.41, 5.74) is -0.125. The minimum absolute atomic E-state index is 0.116. The minimum Gasteiger partial charge on any atom is -0.476 e. The predicted octanol–water partition coefficient (Wildman–Crippen LogP) is -0.150. The highest BCUT2D eigenvalue weighted by Crippen LogP contribution is 1.91. The molecule has 18 heavy (non-hydrogen) atoms. The van der Waals surface area contributed by atoms with Crippen molar-refractivity contribution in [2.24, 2.45) is 0 Å². The van der Waals surface area contributed by atoms with Crippen LogP contribution in [0.25, 0.3) is 0 Å². The quantitative estimate of drug-likeness (QED) is 0.611. The highest BCUT2D eigenvalue weighted by molar-refractivity contribution is 5.84. The molecule has 98 valence electrons. The Morgan fingerprint density at radius 2 is 2.39 bits per heavy atom. The van der Waals surface area contributed by atoms with Gasteiger partial charge in [-0.05, 0) is 6.92 Å². The van der Waals surface area contributed by atoms with Crippen molar-refractivity contribution in [1.82, 2.24) is 25.6 Å². The van der Waals surface area contributed by atoms with E-state index in [0.717, 1.165) is 0 Å². The molecule has 8 heteroatoms. The van der Waals surface area contributed by atoms with Crippen molar-refractivity contribution in [3.05, 3.63) is 24.5 Å². The van der Waals surface area contributed by atoms with E-state index >= 15 is 0 Å². The molecule has 0 aliphatic rings. The van der Waals surface area contributed by atoms with Crippen molar-refractivity contribution < 1.29 is 14.7 Å². The fourth-order valence-corrected chi connectivity index (χ4v) is 1.11. The van der Waals surface area contributed by atoms with Gasteiger partial charge < -0.3 is 15.7 Å². The summed E-state index contributed by atoms with van der Waals surface area (Å²) in [5.74, 6) is -1.13. The van der Waals surface area contributed by atoms with Gasteiger partial charge in [-0.1, -0.05) is 11.3 Å². The van der Waals surface area contributed by atoms with Gasteiger partial charge in [0.15, 0.2) is 5.69 Å². The van der Waals surface area contributed by atoms with E-state index in [9.17, 15) is 9.59 Å². The molecule has 1 atom stereocenters. The summed E-state index contributed by atoms with van der Waals surface area (Å²) in [6.45, 7) is 6.00. The van der Waals surface area contributed by atoms with E-state index in [0.29, 0.717) is 13.1 Å². The van der Waals surface area contributed by atoms with Crippen molar-refractivity contribution >= 4 is 12.0 Å². The zero-order valence-electron chi connectivity index (χ0n) is 9.96. The summed E-state index contributed by atoms with van der Waals surface area (Å²) >= 11 is 0. The van der Waals surface area contributed by atoms with Crippen LogP contribution >= 0.6 is 0 Å². The molecule has 0 saturated carbocycles. The van der Waals surface area contributed by atoms with Gasteiger partial charge in [0.1, 0.15) is 0 Å². The summed E-state index contributed by atoms with van der Waals surface area (Å²) in [6.07, 6.45) is 2.91. The number of carbonyl (C=O) groups is 2. The highest BCUT2D eigenvalue weighted by atomic mass is 16.4. The maximum Gasteiger partial charge on any atom is 0.358 e. The monoisotopic (exact) mass is 253 g/mol. The van der Waals surface area contributed by atoms with Crippen LogP contribution in [-0.4, -0.2) is 44.7 Å². The Morgan fingerprint density at radius 1 is 1.67 bits per heavy atom. The number of carboxylic acids is 1. The van der Waals surface area contributed by atoms with Gasteiger partial charge in [-0.15, -0.1) is 11.7 Å². The summed E-state index contributed by atoms with van der Waals surface area (Å²) in [7, 11) is 0. The van der Waals surface area contributed by atoms with Gasteiger partial charge in [-0.3, -0.25) is 0 Å². The van der Waals surface area contributed by atoms with Crippen LogP contribution in [0.4, 0.5) is 4.79 Å². The van der Waals surface area contributed by atoms with Gasteiger partial charge in [0.25, 0.3) is 0 Å². The number of carboxylic acid groups (broad SMARTS) is 1. The van der Waals surface area contributed by atoms with E-state index in [1.54, 1.807) is 13.0 Å². The van der Waals surface area contributed by atoms with Gasteiger partial charge in [-0.25, -0.2) is 14.3 Å². The average molecular weight is 253 g/mol. The smallest absolute Gasteiger partial charge is 0.358 e. The van der Waals surface area contributed by atoms with Crippen LogP contribution in [-0.2, 0) is 6.54 Å². The summed E-state index contributed by atoms with van der Waals surface area (Å²) in [4.78, 5) is 21.9. The lowest BCUT2D eigenvalue weighted by Gasteiger charge is -2.10. The average Bonchev–Trinajstić information content (AvgIpc) is 2.77. The van der Waals surface area contributed by atoms with Crippen LogP contribution in [0.1, 0.15) is 17.4 Å². The zero-order chi connectivity index (χ0) is 13.5. The molecule has 0 radical (unpaired) electrons. The van der Waals surface area contributed by atoms with Gasteiger partial charge in [-0.2, -0.15) is 0 Å². The molecule has 8 nitrogen and oxygen atoms in total. The van der Waals surface area contributed by atoms with Crippen molar-refractivity contribution in [2.75, 3.05) is 6.54 Å². The molecule has 2 amide bonds. The number of rotatable bonds is 6. The van der Waals surface area contributed by atoms with Gasteiger partial charge in [0.2, 0.25) is 0 Å². The lowest BCUT2D eigenvalue weighted by Crippen LogP contribution is -2.41. The second-order valence-corrected chi connectivity index (χ2v) is 3.60. The SMILES string of the molecule is C=CC(C)NC(=O)NCCn1cc(C(=O)O)nn1. The molecule has 0 fully saturated rings. The first kappa shape index (κ1) is 13.7. The van der Waals surface area contributed by atoms with Gasteiger partial charge in [0.05, 0.1) is 12.7 Å². The van der Waals surface area contributed by atoms with E-state index in [1.807, 2.05) is 0 Å². The number of amides is 2. The fraction of sp³-hybridized carbons (Fsp3) is 0.400. The Balaban J connectivity index is 2.30. The minimum atomic E-state index is -1.13. The molecule has 1 aromatic heterocycles. The van der Waals surface area contributed by atoms with Crippen LogP contribution in [0.5, 0.6) is 0 Å². The molecule has 0 aliphatic carbocycles. The number of aromatic carboxylic acids is 1. The van der Waals surface area contributed by atoms with E-state index < -0.39 is 5.97 Å². The van der Waals surface area contributed by atoms with Crippen molar-refractivity contribution in [3.8, 4) is 0 Å².